The van der Waals surface area contributed by atoms with Crippen LogP contribution in [0.2, 0.25) is 0 Å². The summed E-state index contributed by atoms with van der Waals surface area (Å²) in [6.07, 6.45) is 3.36. The summed E-state index contributed by atoms with van der Waals surface area (Å²) in [4.78, 5) is 14.3. The van der Waals surface area contributed by atoms with Crippen molar-refractivity contribution in [3.8, 4) is 0 Å². The lowest BCUT2D eigenvalue weighted by atomic mass is 10.0. The number of hydrogen-bond acceptors (Lipinski definition) is 2. The van der Waals surface area contributed by atoms with Crippen LogP contribution in [0.5, 0.6) is 0 Å². The first-order valence-corrected chi connectivity index (χ1v) is 7.05. The zero-order chi connectivity index (χ0) is 13.9. The maximum Gasteiger partial charge on any atom is 0.227 e. The number of H-pyrrole nitrogens is 1. The molecule has 1 atom stereocenters. The molecule has 3 rings (SSSR count). The number of carbonyl (C=O) groups is 1. The van der Waals surface area contributed by atoms with Crippen LogP contribution in [-0.2, 0) is 11.2 Å². The first kappa shape index (κ1) is 12.9. The maximum atomic E-state index is 12.3. The normalized spacial score (nSPS) is 18.4. The minimum atomic E-state index is 0.218. The summed E-state index contributed by atoms with van der Waals surface area (Å²) >= 11 is 0. The molecule has 2 aromatic rings. The van der Waals surface area contributed by atoms with E-state index in [2.05, 4.69) is 17.1 Å². The van der Waals surface area contributed by atoms with Gasteiger partial charge in [0.05, 0.1) is 12.6 Å². The molecule has 0 radical (unpaired) electrons. The lowest BCUT2D eigenvalue weighted by Gasteiger charge is -2.16. The molecule has 0 unspecified atom stereocenters. The number of aromatic amines is 1. The number of nitrogens with zero attached hydrogens (tertiary/aromatic N) is 2. The number of benzene rings is 1. The summed E-state index contributed by atoms with van der Waals surface area (Å²) in [7, 11) is 0. The van der Waals surface area contributed by atoms with Crippen LogP contribution in [0.3, 0.4) is 0 Å². The van der Waals surface area contributed by atoms with Gasteiger partial charge in [-0.15, -0.1) is 0 Å². The van der Waals surface area contributed by atoms with Crippen molar-refractivity contribution in [2.45, 2.75) is 25.7 Å². The van der Waals surface area contributed by atoms with Gasteiger partial charge < -0.3 is 4.90 Å². The van der Waals surface area contributed by atoms with Gasteiger partial charge in [0, 0.05) is 24.7 Å². The molecule has 1 aromatic carbocycles. The predicted octanol–water partition coefficient (Wildman–Crippen LogP) is 2.28. The molecule has 0 saturated carbocycles. The van der Waals surface area contributed by atoms with E-state index < -0.39 is 0 Å². The average Bonchev–Trinajstić information content (AvgIpc) is 3.08. The van der Waals surface area contributed by atoms with E-state index in [1.165, 1.54) is 11.3 Å². The number of rotatable bonds is 3. The smallest absolute Gasteiger partial charge is 0.227 e. The van der Waals surface area contributed by atoms with Gasteiger partial charge >= 0.3 is 0 Å². The number of hydrogen-bond donors (Lipinski definition) is 1. The molecule has 104 valence electrons. The summed E-state index contributed by atoms with van der Waals surface area (Å²) in [5, 5.41) is 7.14. The molecular weight excluding hydrogens is 250 g/mol. The van der Waals surface area contributed by atoms with Crippen molar-refractivity contribution < 1.29 is 4.79 Å². The molecule has 2 heterocycles. The molecule has 0 bridgehead atoms. The number of likely N-dealkylation sites (tertiary alicyclic amines) is 1. The Bertz CT molecular complexity index is 591. The zero-order valence-corrected chi connectivity index (χ0v) is 11.7. The Balaban J connectivity index is 1.63. The Morgan fingerprint density at radius 1 is 1.40 bits per heavy atom. The Morgan fingerprint density at radius 2 is 2.20 bits per heavy atom. The summed E-state index contributed by atoms with van der Waals surface area (Å²) in [5.41, 5.74) is 3.45. The van der Waals surface area contributed by atoms with E-state index in [0.29, 0.717) is 12.3 Å². The first-order chi connectivity index (χ1) is 9.74. The predicted molar refractivity (Wildman–Crippen MR) is 77.4 cm³/mol. The molecule has 4 nitrogen and oxygen atoms in total. The number of aryl methyl sites for hydroxylation is 1. The van der Waals surface area contributed by atoms with Crippen molar-refractivity contribution in [3.63, 3.8) is 0 Å². The molecule has 20 heavy (non-hydrogen) atoms. The minimum Gasteiger partial charge on any atom is -0.342 e. The Kier molecular flexibility index (Phi) is 3.54. The zero-order valence-electron chi connectivity index (χ0n) is 11.7. The maximum absolute atomic E-state index is 12.3. The van der Waals surface area contributed by atoms with Crippen LogP contribution in [-0.4, -0.2) is 34.1 Å². The molecule has 1 saturated heterocycles. The second-order valence-electron chi connectivity index (χ2n) is 5.45. The average molecular weight is 269 g/mol. The highest BCUT2D eigenvalue weighted by molar-refractivity contribution is 5.79. The molecule has 1 aromatic heterocycles. The van der Waals surface area contributed by atoms with Crippen LogP contribution in [0, 0.1) is 6.92 Å². The van der Waals surface area contributed by atoms with Crippen molar-refractivity contribution >= 4 is 5.91 Å². The number of carbonyl (C=O) groups excluding carboxylic acids is 1. The van der Waals surface area contributed by atoms with Crippen LogP contribution in [0.4, 0.5) is 0 Å². The second kappa shape index (κ2) is 5.49. The molecular formula is C16H19N3O. The van der Waals surface area contributed by atoms with E-state index in [-0.39, 0.29) is 5.91 Å². The third-order valence-electron chi connectivity index (χ3n) is 4.02. The van der Waals surface area contributed by atoms with Gasteiger partial charge in [0.1, 0.15) is 0 Å². The van der Waals surface area contributed by atoms with Crippen LogP contribution in [0.1, 0.15) is 29.2 Å². The van der Waals surface area contributed by atoms with E-state index in [1.54, 1.807) is 0 Å². The minimum absolute atomic E-state index is 0.218. The molecule has 1 aliphatic heterocycles. The Hall–Kier alpha value is -2.10. The summed E-state index contributed by atoms with van der Waals surface area (Å²) in [6, 6.07) is 9.93. The van der Waals surface area contributed by atoms with E-state index in [4.69, 9.17) is 0 Å². The second-order valence-corrected chi connectivity index (χ2v) is 5.45. The SMILES string of the molecule is Cc1cn[nH]c1[C@H]1CCN(C(=O)Cc2ccccc2)C1. The van der Waals surface area contributed by atoms with Crippen molar-refractivity contribution in [1.82, 2.24) is 15.1 Å². The van der Waals surface area contributed by atoms with Crippen molar-refractivity contribution in [2.24, 2.45) is 0 Å². The molecule has 4 heteroatoms. The largest absolute Gasteiger partial charge is 0.342 e. The molecule has 1 aliphatic rings. The molecule has 0 spiro atoms. The van der Waals surface area contributed by atoms with Gasteiger partial charge in [-0.05, 0) is 24.5 Å². The fourth-order valence-corrected chi connectivity index (χ4v) is 2.87. The molecule has 0 aliphatic carbocycles. The number of nitrogens with one attached hydrogen (secondary N) is 1. The quantitative estimate of drug-likeness (QED) is 0.929. The van der Waals surface area contributed by atoms with Gasteiger partial charge in [-0.1, -0.05) is 30.3 Å². The first-order valence-electron chi connectivity index (χ1n) is 7.05. The van der Waals surface area contributed by atoms with Gasteiger partial charge in [0.15, 0.2) is 0 Å². The monoisotopic (exact) mass is 269 g/mol. The van der Waals surface area contributed by atoms with Gasteiger partial charge in [-0.2, -0.15) is 5.10 Å². The molecule has 1 amide bonds. The summed E-state index contributed by atoms with van der Waals surface area (Å²) < 4.78 is 0. The summed E-state index contributed by atoms with van der Waals surface area (Å²) in [5.74, 6) is 0.619. The summed E-state index contributed by atoms with van der Waals surface area (Å²) in [6.45, 7) is 3.71. The topological polar surface area (TPSA) is 49.0 Å². The van der Waals surface area contributed by atoms with E-state index in [1.807, 2.05) is 41.4 Å². The van der Waals surface area contributed by atoms with Gasteiger partial charge in [0.2, 0.25) is 5.91 Å². The standard InChI is InChI=1S/C16H19N3O/c1-12-10-17-18-16(12)14-7-8-19(11-14)15(20)9-13-5-3-2-4-6-13/h2-6,10,14H,7-9,11H2,1H3,(H,17,18)/t14-/m0/s1. The van der Waals surface area contributed by atoms with Crippen LogP contribution in [0.15, 0.2) is 36.5 Å². The molecule has 1 fully saturated rings. The van der Waals surface area contributed by atoms with Crippen LogP contribution < -0.4 is 0 Å². The third-order valence-corrected chi connectivity index (χ3v) is 4.02. The highest BCUT2D eigenvalue weighted by atomic mass is 16.2. The van der Waals surface area contributed by atoms with Crippen molar-refractivity contribution in [2.75, 3.05) is 13.1 Å². The molecule has 1 N–H and O–H groups in total. The third kappa shape index (κ3) is 2.59. The van der Waals surface area contributed by atoms with Gasteiger partial charge in [0.25, 0.3) is 0 Å². The van der Waals surface area contributed by atoms with Gasteiger partial charge in [-0.3, -0.25) is 9.89 Å². The number of amides is 1. The Labute approximate surface area is 118 Å². The highest BCUT2D eigenvalue weighted by Crippen LogP contribution is 2.28. The van der Waals surface area contributed by atoms with E-state index >= 15 is 0 Å². The fraction of sp³-hybridized carbons (Fsp3) is 0.375. The van der Waals surface area contributed by atoms with Gasteiger partial charge in [-0.25, -0.2) is 0 Å². The fourth-order valence-electron chi connectivity index (χ4n) is 2.87. The van der Waals surface area contributed by atoms with Crippen LogP contribution >= 0.6 is 0 Å². The van der Waals surface area contributed by atoms with Crippen LogP contribution in [0.25, 0.3) is 0 Å². The lowest BCUT2D eigenvalue weighted by Crippen LogP contribution is -2.29. The lowest BCUT2D eigenvalue weighted by molar-refractivity contribution is -0.129. The van der Waals surface area contributed by atoms with Crippen molar-refractivity contribution in [1.29, 1.82) is 0 Å². The highest BCUT2D eigenvalue weighted by Gasteiger charge is 2.28. The number of aromatic nitrogens is 2. The van der Waals surface area contributed by atoms with Crippen molar-refractivity contribution in [3.05, 3.63) is 53.3 Å². The Morgan fingerprint density at radius 3 is 2.90 bits per heavy atom. The van der Waals surface area contributed by atoms with E-state index in [0.717, 1.165) is 25.1 Å². The van der Waals surface area contributed by atoms with E-state index in [9.17, 15) is 4.79 Å².